The molecule has 2 fully saturated rings. The number of aromatic amines is 1. The molecular weight excluding hydrogens is 418 g/mol. The predicted octanol–water partition coefficient (Wildman–Crippen LogP) is 2.63. The normalized spacial score (nSPS) is 18.8. The highest BCUT2D eigenvalue weighted by atomic mass is 16.2. The van der Waals surface area contributed by atoms with Gasteiger partial charge in [0.1, 0.15) is 5.69 Å². The van der Waals surface area contributed by atoms with Crippen molar-refractivity contribution in [1.82, 2.24) is 30.0 Å². The summed E-state index contributed by atoms with van der Waals surface area (Å²) in [7, 11) is 0. The number of pyridine rings is 1. The third-order valence-corrected chi connectivity index (χ3v) is 6.41. The van der Waals surface area contributed by atoms with Crippen molar-refractivity contribution in [1.29, 1.82) is 0 Å². The van der Waals surface area contributed by atoms with Gasteiger partial charge in [-0.2, -0.15) is 5.10 Å². The minimum Gasteiger partial charge on any atom is -0.341 e. The van der Waals surface area contributed by atoms with Gasteiger partial charge in [0.2, 0.25) is 5.95 Å². The first-order valence-electron chi connectivity index (χ1n) is 11.6. The van der Waals surface area contributed by atoms with E-state index in [0.29, 0.717) is 13.1 Å². The number of likely N-dealkylation sites (tertiary alicyclic amines) is 1. The number of rotatable bonds is 4. The summed E-state index contributed by atoms with van der Waals surface area (Å²) in [4.78, 5) is 42.5. The van der Waals surface area contributed by atoms with E-state index in [4.69, 9.17) is 9.97 Å². The second-order valence-corrected chi connectivity index (χ2v) is 8.66. The van der Waals surface area contributed by atoms with Gasteiger partial charge < -0.3 is 9.80 Å². The second-order valence-electron chi connectivity index (χ2n) is 8.66. The highest BCUT2D eigenvalue weighted by Gasteiger charge is 2.30. The molecule has 1 unspecified atom stereocenters. The van der Waals surface area contributed by atoms with Gasteiger partial charge in [0.15, 0.2) is 0 Å². The Kier molecular flexibility index (Phi) is 6.10. The van der Waals surface area contributed by atoms with Gasteiger partial charge >= 0.3 is 0 Å². The SMILES string of the molecule is O=C(c1ccc(=O)[nH]n1)N1CCCC(c2nc(N3CCCCC3)ncc2-c2cccnc2)C1. The highest BCUT2D eigenvalue weighted by Crippen LogP contribution is 2.34. The number of nitrogens with zero attached hydrogens (tertiary/aromatic N) is 6. The fraction of sp³-hybridized carbons (Fsp3) is 0.417. The van der Waals surface area contributed by atoms with Crippen LogP contribution in [0.15, 0.2) is 47.7 Å². The maximum absolute atomic E-state index is 13.0. The number of H-pyrrole nitrogens is 1. The summed E-state index contributed by atoms with van der Waals surface area (Å²) in [6.45, 7) is 3.14. The second kappa shape index (κ2) is 9.48. The van der Waals surface area contributed by atoms with Crippen LogP contribution in [0.3, 0.4) is 0 Å². The molecule has 9 heteroatoms. The molecular formula is C24H27N7O2. The molecule has 0 aliphatic carbocycles. The van der Waals surface area contributed by atoms with Gasteiger partial charge in [-0.15, -0.1) is 0 Å². The zero-order chi connectivity index (χ0) is 22.6. The van der Waals surface area contributed by atoms with Crippen molar-refractivity contribution in [2.24, 2.45) is 0 Å². The van der Waals surface area contributed by atoms with E-state index in [1.54, 1.807) is 6.20 Å². The van der Waals surface area contributed by atoms with Crippen molar-refractivity contribution in [3.8, 4) is 11.1 Å². The average Bonchev–Trinajstić information content (AvgIpc) is 2.89. The Morgan fingerprint density at radius 3 is 2.67 bits per heavy atom. The lowest BCUT2D eigenvalue weighted by Crippen LogP contribution is -2.40. The van der Waals surface area contributed by atoms with Crippen LogP contribution in [0.1, 0.15) is 54.2 Å². The zero-order valence-corrected chi connectivity index (χ0v) is 18.5. The Hall–Kier alpha value is -3.62. The zero-order valence-electron chi connectivity index (χ0n) is 18.5. The first-order chi connectivity index (χ1) is 16.2. The Balaban J connectivity index is 1.47. The lowest BCUT2D eigenvalue weighted by Gasteiger charge is -2.34. The molecule has 0 spiro atoms. The van der Waals surface area contributed by atoms with Gasteiger partial charge in [-0.3, -0.25) is 14.6 Å². The molecule has 3 aromatic heterocycles. The summed E-state index contributed by atoms with van der Waals surface area (Å²) in [6, 6.07) is 6.74. The topological polar surface area (TPSA) is 108 Å². The number of nitrogens with one attached hydrogen (secondary N) is 1. The van der Waals surface area contributed by atoms with Crippen molar-refractivity contribution >= 4 is 11.9 Å². The molecule has 0 saturated carbocycles. The molecule has 1 atom stereocenters. The van der Waals surface area contributed by atoms with Crippen molar-refractivity contribution in [2.75, 3.05) is 31.1 Å². The lowest BCUT2D eigenvalue weighted by molar-refractivity contribution is 0.0698. The van der Waals surface area contributed by atoms with Gasteiger partial charge in [0.25, 0.3) is 11.5 Å². The monoisotopic (exact) mass is 445 g/mol. The molecule has 0 radical (unpaired) electrons. The minimum atomic E-state index is -0.324. The Bertz CT molecular complexity index is 1150. The number of carbonyl (C=O) groups is 1. The number of carbonyl (C=O) groups excluding carboxylic acids is 1. The van der Waals surface area contributed by atoms with E-state index in [9.17, 15) is 9.59 Å². The number of hydrogen-bond acceptors (Lipinski definition) is 7. The van der Waals surface area contributed by atoms with Crippen molar-refractivity contribution in [3.05, 3.63) is 64.6 Å². The van der Waals surface area contributed by atoms with E-state index < -0.39 is 0 Å². The summed E-state index contributed by atoms with van der Waals surface area (Å²) in [6.07, 6.45) is 10.9. The molecule has 2 aliphatic rings. The quantitative estimate of drug-likeness (QED) is 0.658. The first kappa shape index (κ1) is 21.2. The number of hydrogen-bond donors (Lipinski definition) is 1. The smallest absolute Gasteiger partial charge is 0.274 e. The molecule has 9 nitrogen and oxygen atoms in total. The summed E-state index contributed by atoms with van der Waals surface area (Å²) in [5, 5.41) is 6.27. The van der Waals surface area contributed by atoms with Crippen LogP contribution in [0.25, 0.3) is 11.1 Å². The molecule has 5 heterocycles. The van der Waals surface area contributed by atoms with Crippen molar-refractivity contribution in [3.63, 3.8) is 0 Å². The van der Waals surface area contributed by atoms with Crippen molar-refractivity contribution in [2.45, 2.75) is 38.0 Å². The number of anilines is 1. The standard InChI is InChI=1S/C24H27N7O2/c32-21-9-8-20(28-29-21)23(33)31-13-5-7-18(16-31)22-19(17-6-4-10-25-14-17)15-26-24(27-22)30-11-2-1-3-12-30/h4,6,8-10,14-15,18H,1-3,5,7,11-13,16H2,(H,29,32). The summed E-state index contributed by atoms with van der Waals surface area (Å²) < 4.78 is 0. The first-order valence-corrected chi connectivity index (χ1v) is 11.6. The van der Waals surface area contributed by atoms with Crippen LogP contribution in [-0.4, -0.2) is 62.1 Å². The molecule has 1 amide bonds. The number of amides is 1. The number of aromatic nitrogens is 5. The van der Waals surface area contributed by atoms with E-state index in [1.165, 1.54) is 18.6 Å². The van der Waals surface area contributed by atoms with E-state index in [2.05, 4.69) is 20.1 Å². The average molecular weight is 446 g/mol. The van der Waals surface area contributed by atoms with Gasteiger partial charge in [-0.25, -0.2) is 15.1 Å². The van der Waals surface area contributed by atoms with E-state index in [-0.39, 0.29) is 23.1 Å². The van der Waals surface area contributed by atoms with E-state index in [1.807, 2.05) is 29.4 Å². The van der Waals surface area contributed by atoms with Crippen LogP contribution < -0.4 is 10.5 Å². The van der Waals surface area contributed by atoms with Gasteiger partial charge in [-0.05, 0) is 44.2 Å². The molecule has 2 saturated heterocycles. The van der Waals surface area contributed by atoms with Crippen molar-refractivity contribution < 1.29 is 4.79 Å². The molecule has 170 valence electrons. The van der Waals surface area contributed by atoms with E-state index >= 15 is 0 Å². The Labute approximate surface area is 191 Å². The third-order valence-electron chi connectivity index (χ3n) is 6.41. The molecule has 5 rings (SSSR count). The molecule has 0 bridgehead atoms. The summed E-state index contributed by atoms with van der Waals surface area (Å²) in [5.41, 5.74) is 2.83. The van der Waals surface area contributed by atoms with Crippen LogP contribution >= 0.6 is 0 Å². The molecule has 3 aromatic rings. The largest absolute Gasteiger partial charge is 0.341 e. The molecule has 33 heavy (non-hydrogen) atoms. The minimum absolute atomic E-state index is 0.0761. The van der Waals surface area contributed by atoms with Crippen LogP contribution in [0.4, 0.5) is 5.95 Å². The van der Waals surface area contributed by atoms with Gasteiger partial charge in [-0.1, -0.05) is 6.07 Å². The fourth-order valence-corrected chi connectivity index (χ4v) is 4.70. The predicted molar refractivity (Wildman–Crippen MR) is 124 cm³/mol. The Morgan fingerprint density at radius 2 is 1.91 bits per heavy atom. The Morgan fingerprint density at radius 1 is 1.03 bits per heavy atom. The van der Waals surface area contributed by atoms with Crippen LogP contribution in [0, 0.1) is 0 Å². The maximum atomic E-state index is 13.0. The van der Waals surface area contributed by atoms with Crippen LogP contribution in [0.2, 0.25) is 0 Å². The molecule has 0 aromatic carbocycles. The van der Waals surface area contributed by atoms with Crippen LogP contribution in [-0.2, 0) is 0 Å². The van der Waals surface area contributed by atoms with Gasteiger partial charge in [0.05, 0.1) is 5.69 Å². The molecule has 1 N–H and O–H groups in total. The maximum Gasteiger partial charge on any atom is 0.274 e. The van der Waals surface area contributed by atoms with E-state index in [0.717, 1.165) is 61.5 Å². The highest BCUT2D eigenvalue weighted by molar-refractivity contribution is 5.92. The molecule has 2 aliphatic heterocycles. The third kappa shape index (κ3) is 4.62. The fourth-order valence-electron chi connectivity index (χ4n) is 4.70. The lowest BCUT2D eigenvalue weighted by atomic mass is 9.90. The van der Waals surface area contributed by atoms with Crippen LogP contribution in [0.5, 0.6) is 0 Å². The summed E-state index contributed by atoms with van der Waals surface area (Å²) in [5.74, 6) is 0.666. The number of piperidine rings is 2. The summed E-state index contributed by atoms with van der Waals surface area (Å²) >= 11 is 0. The van der Waals surface area contributed by atoms with Gasteiger partial charge in [0, 0.05) is 67.9 Å².